The molecule has 2 N–H and O–H groups in total. The Morgan fingerprint density at radius 3 is 2.67 bits per heavy atom. The lowest BCUT2D eigenvalue weighted by Gasteiger charge is -2.36. The molecule has 1 amide bonds. The Hall–Kier alpha value is -2.08. The lowest BCUT2D eigenvalue weighted by molar-refractivity contribution is -0.140. The molecule has 1 aliphatic rings. The van der Waals surface area contributed by atoms with E-state index in [-0.39, 0.29) is 24.9 Å². The summed E-state index contributed by atoms with van der Waals surface area (Å²) in [6.07, 6.45) is 1.20. The lowest BCUT2D eigenvalue weighted by atomic mass is 9.86. The molecule has 24 heavy (non-hydrogen) atoms. The highest BCUT2D eigenvalue weighted by atomic mass is 16.5. The largest absolute Gasteiger partial charge is 0.491 e. The molecule has 0 unspecified atom stereocenters. The van der Waals surface area contributed by atoms with E-state index >= 15 is 0 Å². The van der Waals surface area contributed by atoms with Gasteiger partial charge in [-0.1, -0.05) is 12.1 Å². The Balaban J connectivity index is 2.01. The van der Waals surface area contributed by atoms with Gasteiger partial charge in [0.15, 0.2) is 0 Å². The predicted molar refractivity (Wildman–Crippen MR) is 89.1 cm³/mol. The molecule has 6 heteroatoms. The number of carbonyl (C=O) groups is 2. The topological polar surface area (TPSA) is 84.9 Å². The van der Waals surface area contributed by atoms with E-state index in [0.717, 1.165) is 11.3 Å². The number of hydrogen-bond donors (Lipinski definition) is 2. The summed E-state index contributed by atoms with van der Waals surface area (Å²) in [5, 5.41) is 12.1. The van der Waals surface area contributed by atoms with Crippen molar-refractivity contribution >= 4 is 11.9 Å². The maximum absolute atomic E-state index is 12.4. The Morgan fingerprint density at radius 2 is 2.04 bits per heavy atom. The van der Waals surface area contributed by atoms with Gasteiger partial charge in [0.2, 0.25) is 5.91 Å². The van der Waals surface area contributed by atoms with Crippen LogP contribution in [0.3, 0.4) is 0 Å². The molecule has 6 nitrogen and oxygen atoms in total. The van der Waals surface area contributed by atoms with Gasteiger partial charge < -0.3 is 19.9 Å². The van der Waals surface area contributed by atoms with E-state index in [0.29, 0.717) is 26.1 Å². The van der Waals surface area contributed by atoms with Crippen molar-refractivity contribution in [2.24, 2.45) is 0 Å². The van der Waals surface area contributed by atoms with Gasteiger partial charge in [0.25, 0.3) is 0 Å². The molecule has 1 heterocycles. The second kappa shape index (κ2) is 8.15. The number of nitrogens with one attached hydrogen (secondary N) is 1. The fourth-order valence-electron chi connectivity index (χ4n) is 2.92. The zero-order valence-corrected chi connectivity index (χ0v) is 14.2. The van der Waals surface area contributed by atoms with Gasteiger partial charge in [-0.15, -0.1) is 0 Å². The standard InChI is InChI=1S/C18H25NO5/c1-13(2)24-15-5-3-4-14(10-15)11-16(20)19-18(12-17(21)22)6-8-23-9-7-18/h3-5,10,13H,6-9,11-12H2,1-2H3,(H,19,20)(H,21,22). The summed E-state index contributed by atoms with van der Waals surface area (Å²) in [5.41, 5.74) is 0.121. The second-order valence-corrected chi connectivity index (χ2v) is 6.50. The minimum Gasteiger partial charge on any atom is -0.491 e. The molecule has 0 atom stereocenters. The number of carbonyl (C=O) groups excluding carboxylic acids is 1. The first-order valence-corrected chi connectivity index (χ1v) is 8.25. The molecule has 1 aromatic carbocycles. The molecule has 0 aromatic heterocycles. The summed E-state index contributed by atoms with van der Waals surface area (Å²) >= 11 is 0. The molecule has 0 aliphatic carbocycles. The zero-order valence-electron chi connectivity index (χ0n) is 14.2. The molecule has 0 saturated carbocycles. The Morgan fingerprint density at radius 1 is 1.33 bits per heavy atom. The van der Waals surface area contributed by atoms with Crippen LogP contribution in [-0.2, 0) is 20.7 Å². The fourth-order valence-corrected chi connectivity index (χ4v) is 2.92. The van der Waals surface area contributed by atoms with Crippen molar-refractivity contribution < 1.29 is 24.2 Å². The number of amides is 1. The minimum atomic E-state index is -0.912. The van der Waals surface area contributed by atoms with Gasteiger partial charge in [-0.3, -0.25) is 9.59 Å². The Bertz CT molecular complexity index is 579. The van der Waals surface area contributed by atoms with E-state index in [1.807, 2.05) is 38.1 Å². The lowest BCUT2D eigenvalue weighted by Crippen LogP contribution is -2.53. The van der Waals surface area contributed by atoms with Crippen LogP contribution in [0.25, 0.3) is 0 Å². The monoisotopic (exact) mass is 335 g/mol. The van der Waals surface area contributed by atoms with E-state index in [9.17, 15) is 9.59 Å². The van der Waals surface area contributed by atoms with Gasteiger partial charge in [-0.05, 0) is 44.4 Å². The SMILES string of the molecule is CC(C)Oc1cccc(CC(=O)NC2(CC(=O)O)CCOCC2)c1. The maximum Gasteiger partial charge on any atom is 0.305 e. The van der Waals surface area contributed by atoms with Crippen LogP contribution in [-0.4, -0.2) is 41.8 Å². The molecule has 1 saturated heterocycles. The minimum absolute atomic E-state index is 0.0650. The molecule has 1 aliphatic heterocycles. The van der Waals surface area contributed by atoms with Crippen molar-refractivity contribution in [2.45, 2.75) is 51.2 Å². The fraction of sp³-hybridized carbons (Fsp3) is 0.556. The molecular weight excluding hydrogens is 310 g/mol. The van der Waals surface area contributed by atoms with Gasteiger partial charge in [-0.25, -0.2) is 0 Å². The van der Waals surface area contributed by atoms with Crippen molar-refractivity contribution in [1.29, 1.82) is 0 Å². The molecular formula is C18H25NO5. The maximum atomic E-state index is 12.4. The van der Waals surface area contributed by atoms with Gasteiger partial charge in [-0.2, -0.15) is 0 Å². The van der Waals surface area contributed by atoms with Crippen LogP contribution < -0.4 is 10.1 Å². The molecule has 0 spiro atoms. The second-order valence-electron chi connectivity index (χ2n) is 6.50. The summed E-state index contributed by atoms with van der Waals surface area (Å²) in [7, 11) is 0. The predicted octanol–water partition coefficient (Wildman–Crippen LogP) is 2.16. The van der Waals surface area contributed by atoms with Crippen molar-refractivity contribution in [3.05, 3.63) is 29.8 Å². The normalized spacial score (nSPS) is 16.6. The summed E-state index contributed by atoms with van der Waals surface area (Å²) in [6, 6.07) is 7.40. The number of ether oxygens (including phenoxy) is 2. The van der Waals surface area contributed by atoms with Crippen LogP contribution in [0.1, 0.15) is 38.7 Å². The van der Waals surface area contributed by atoms with Crippen LogP contribution >= 0.6 is 0 Å². The number of aliphatic carboxylic acids is 1. The van der Waals surface area contributed by atoms with Crippen LogP contribution in [0.5, 0.6) is 5.75 Å². The molecule has 1 aromatic rings. The first kappa shape index (κ1) is 18.3. The van der Waals surface area contributed by atoms with E-state index < -0.39 is 11.5 Å². The molecule has 132 valence electrons. The van der Waals surface area contributed by atoms with Crippen LogP contribution in [0.2, 0.25) is 0 Å². The van der Waals surface area contributed by atoms with Crippen LogP contribution in [0.15, 0.2) is 24.3 Å². The smallest absolute Gasteiger partial charge is 0.305 e. The highest BCUT2D eigenvalue weighted by Gasteiger charge is 2.36. The summed E-state index contributed by atoms with van der Waals surface area (Å²) < 4.78 is 10.9. The zero-order chi connectivity index (χ0) is 17.6. The van der Waals surface area contributed by atoms with E-state index in [2.05, 4.69) is 5.32 Å². The highest BCUT2D eigenvalue weighted by Crippen LogP contribution is 2.25. The number of rotatable bonds is 7. The van der Waals surface area contributed by atoms with Gasteiger partial charge in [0.1, 0.15) is 5.75 Å². The molecule has 1 fully saturated rings. The number of benzene rings is 1. The van der Waals surface area contributed by atoms with Crippen molar-refractivity contribution in [3.63, 3.8) is 0 Å². The third-order valence-electron chi connectivity index (χ3n) is 3.98. The summed E-state index contributed by atoms with van der Waals surface area (Å²) in [4.78, 5) is 23.6. The van der Waals surface area contributed by atoms with Gasteiger partial charge >= 0.3 is 5.97 Å². The summed E-state index contributed by atoms with van der Waals surface area (Å²) in [6.45, 7) is 4.82. The molecule has 0 bridgehead atoms. The summed E-state index contributed by atoms with van der Waals surface area (Å²) in [5.74, 6) is -0.369. The quantitative estimate of drug-likeness (QED) is 0.797. The third kappa shape index (κ3) is 5.53. The average Bonchev–Trinajstić information content (AvgIpc) is 2.46. The number of carboxylic acids is 1. The Kier molecular flexibility index (Phi) is 6.20. The third-order valence-corrected chi connectivity index (χ3v) is 3.98. The first-order chi connectivity index (χ1) is 11.4. The van der Waals surface area contributed by atoms with Crippen molar-refractivity contribution in [2.75, 3.05) is 13.2 Å². The van der Waals surface area contributed by atoms with E-state index in [1.165, 1.54) is 0 Å². The van der Waals surface area contributed by atoms with Crippen LogP contribution in [0, 0.1) is 0 Å². The molecule has 0 radical (unpaired) electrons. The Labute approximate surface area is 142 Å². The van der Waals surface area contributed by atoms with E-state index in [4.69, 9.17) is 14.6 Å². The number of carboxylic acid groups (broad SMARTS) is 1. The van der Waals surface area contributed by atoms with Gasteiger partial charge in [0, 0.05) is 13.2 Å². The highest BCUT2D eigenvalue weighted by molar-refractivity contribution is 5.80. The van der Waals surface area contributed by atoms with Crippen LogP contribution in [0.4, 0.5) is 0 Å². The van der Waals surface area contributed by atoms with E-state index in [1.54, 1.807) is 0 Å². The first-order valence-electron chi connectivity index (χ1n) is 8.25. The van der Waals surface area contributed by atoms with Crippen molar-refractivity contribution in [3.8, 4) is 5.75 Å². The molecule has 2 rings (SSSR count). The number of hydrogen-bond acceptors (Lipinski definition) is 4. The average molecular weight is 335 g/mol. The van der Waals surface area contributed by atoms with Gasteiger partial charge in [0.05, 0.1) is 24.5 Å². The van der Waals surface area contributed by atoms with Crippen molar-refractivity contribution in [1.82, 2.24) is 5.32 Å².